The zero-order valence-corrected chi connectivity index (χ0v) is 16.3. The molecule has 2 N–H and O–H groups in total. The molecule has 9 heteroatoms. The van der Waals surface area contributed by atoms with Crippen LogP contribution < -0.4 is 5.32 Å². The molecule has 2 rings (SSSR count). The third-order valence-corrected chi connectivity index (χ3v) is 4.78. The van der Waals surface area contributed by atoms with Crippen LogP contribution in [0.2, 0.25) is 0 Å². The molecule has 26 heavy (non-hydrogen) atoms. The first-order valence-corrected chi connectivity index (χ1v) is 9.22. The summed E-state index contributed by atoms with van der Waals surface area (Å²) >= 11 is 1.29. The number of carbonyl (C=O) groups is 2. The smallest absolute Gasteiger partial charge is 0.348 e. The number of hydrogen-bond acceptors (Lipinski definition) is 8. The van der Waals surface area contributed by atoms with E-state index in [0.29, 0.717) is 42.6 Å². The Kier molecular flexibility index (Phi) is 6.87. The zero-order chi connectivity index (χ0) is 19.3. The number of nitrogens with zero attached hydrogens (tertiary/aromatic N) is 3. The molecule has 0 aromatic carbocycles. The van der Waals surface area contributed by atoms with Crippen LogP contribution in [0.15, 0.2) is 0 Å². The Hall–Kier alpha value is -2.26. The van der Waals surface area contributed by atoms with Gasteiger partial charge in [0.2, 0.25) is 0 Å². The highest BCUT2D eigenvalue weighted by molar-refractivity contribution is 7.20. The van der Waals surface area contributed by atoms with Crippen LogP contribution in [0.5, 0.6) is 0 Å². The summed E-state index contributed by atoms with van der Waals surface area (Å²) in [5.74, 6) is 0.0738. The van der Waals surface area contributed by atoms with Gasteiger partial charge in [0.05, 0.1) is 18.5 Å². The van der Waals surface area contributed by atoms with Crippen molar-refractivity contribution in [3.05, 3.63) is 16.3 Å². The number of fused-ring (bicyclic) bond motifs is 1. The van der Waals surface area contributed by atoms with Gasteiger partial charge in [0.1, 0.15) is 21.3 Å². The number of aryl methyl sites for hydroxylation is 1. The Bertz CT molecular complexity index is 804. The number of aromatic nitrogens is 2. The number of anilines is 1. The van der Waals surface area contributed by atoms with Crippen LogP contribution in [0.1, 0.15) is 40.8 Å². The van der Waals surface area contributed by atoms with Gasteiger partial charge in [0.15, 0.2) is 0 Å². The first-order chi connectivity index (χ1) is 12.3. The molecule has 8 nitrogen and oxygen atoms in total. The molecule has 2 aromatic heterocycles. The normalized spacial score (nSPS) is 11.1. The highest BCUT2D eigenvalue weighted by Crippen LogP contribution is 2.34. The molecule has 0 radical (unpaired) electrons. The lowest BCUT2D eigenvalue weighted by Gasteiger charge is -2.12. The number of carbonyl (C=O) groups excluding carboxylic acids is 1. The molecule has 0 aliphatic carbocycles. The standard InChI is InChI=1S/C17H24N4O4S/c1-5-25-17(24)14-10(2)13-15(18-8-6-7-12(22)23)19-11(9-21(3)4)20-16(13)26-14/h5-9H2,1-4H3,(H,22,23)(H,18,19,20). The summed E-state index contributed by atoms with van der Waals surface area (Å²) in [6.07, 6.45) is 0.570. The number of esters is 1. The fourth-order valence-corrected chi connectivity index (χ4v) is 3.60. The van der Waals surface area contributed by atoms with Crippen LogP contribution in [0.3, 0.4) is 0 Å². The van der Waals surface area contributed by atoms with Crippen LogP contribution in [0.25, 0.3) is 10.2 Å². The molecule has 142 valence electrons. The van der Waals surface area contributed by atoms with E-state index in [9.17, 15) is 9.59 Å². The molecule has 0 fully saturated rings. The van der Waals surface area contributed by atoms with E-state index in [1.165, 1.54) is 11.3 Å². The van der Waals surface area contributed by atoms with E-state index in [2.05, 4.69) is 15.3 Å². The van der Waals surface area contributed by atoms with Gasteiger partial charge in [-0.15, -0.1) is 11.3 Å². The van der Waals surface area contributed by atoms with Crippen molar-refractivity contribution in [2.45, 2.75) is 33.2 Å². The third kappa shape index (κ3) is 4.89. The number of aliphatic carboxylic acids is 1. The third-order valence-electron chi connectivity index (χ3n) is 3.61. The number of carboxylic acids is 1. The molecule has 0 saturated heterocycles. The van der Waals surface area contributed by atoms with Crippen molar-refractivity contribution in [1.29, 1.82) is 0 Å². The molecule has 0 amide bonds. The first kappa shape index (κ1) is 20.1. The second kappa shape index (κ2) is 8.91. The summed E-state index contributed by atoms with van der Waals surface area (Å²) in [5.41, 5.74) is 0.778. The number of rotatable bonds is 9. The Balaban J connectivity index is 2.40. The largest absolute Gasteiger partial charge is 0.481 e. The van der Waals surface area contributed by atoms with E-state index in [1.807, 2.05) is 25.9 Å². The Morgan fingerprint density at radius 1 is 1.31 bits per heavy atom. The SMILES string of the molecule is CCOC(=O)c1sc2nc(CN(C)C)nc(NCCCC(=O)O)c2c1C. The molecule has 0 bridgehead atoms. The maximum Gasteiger partial charge on any atom is 0.348 e. The van der Waals surface area contributed by atoms with Gasteiger partial charge in [0.25, 0.3) is 0 Å². The lowest BCUT2D eigenvalue weighted by atomic mass is 10.2. The van der Waals surface area contributed by atoms with Gasteiger partial charge in [-0.05, 0) is 39.9 Å². The van der Waals surface area contributed by atoms with Crippen LogP contribution in [0.4, 0.5) is 5.82 Å². The molecule has 2 heterocycles. The fraction of sp³-hybridized carbons (Fsp3) is 0.529. The Labute approximate surface area is 156 Å². The van der Waals surface area contributed by atoms with E-state index < -0.39 is 5.97 Å². The minimum atomic E-state index is -0.829. The van der Waals surface area contributed by atoms with Crippen LogP contribution in [-0.2, 0) is 16.1 Å². The maximum absolute atomic E-state index is 12.2. The lowest BCUT2D eigenvalue weighted by Crippen LogP contribution is -2.15. The van der Waals surface area contributed by atoms with Crippen molar-refractivity contribution in [2.24, 2.45) is 0 Å². The Morgan fingerprint density at radius 3 is 2.65 bits per heavy atom. The summed E-state index contributed by atoms with van der Waals surface area (Å²) in [4.78, 5) is 35.2. The van der Waals surface area contributed by atoms with Crippen molar-refractivity contribution in [3.8, 4) is 0 Å². The molecule has 0 aliphatic heterocycles. The maximum atomic E-state index is 12.2. The molecule has 0 unspecified atom stereocenters. The zero-order valence-electron chi connectivity index (χ0n) is 15.5. The molecular weight excluding hydrogens is 356 g/mol. The van der Waals surface area contributed by atoms with E-state index in [-0.39, 0.29) is 12.4 Å². The van der Waals surface area contributed by atoms with Crippen molar-refractivity contribution < 1.29 is 19.4 Å². The quantitative estimate of drug-likeness (QED) is 0.505. The van der Waals surface area contributed by atoms with E-state index in [0.717, 1.165) is 15.8 Å². The molecule has 0 saturated carbocycles. The number of hydrogen-bond donors (Lipinski definition) is 2. The second-order valence-electron chi connectivity index (χ2n) is 6.11. The summed E-state index contributed by atoms with van der Waals surface area (Å²) < 4.78 is 5.13. The average Bonchev–Trinajstić information content (AvgIpc) is 2.88. The topological polar surface area (TPSA) is 105 Å². The van der Waals surface area contributed by atoms with Gasteiger partial charge in [-0.2, -0.15) is 0 Å². The van der Waals surface area contributed by atoms with Crippen LogP contribution in [-0.4, -0.2) is 59.2 Å². The highest BCUT2D eigenvalue weighted by Gasteiger charge is 2.21. The van der Waals surface area contributed by atoms with Crippen molar-refractivity contribution in [3.63, 3.8) is 0 Å². The predicted octanol–water partition coefficient (Wildman–Crippen LogP) is 2.51. The van der Waals surface area contributed by atoms with Gasteiger partial charge >= 0.3 is 11.9 Å². The fourth-order valence-electron chi connectivity index (χ4n) is 2.50. The summed E-state index contributed by atoms with van der Waals surface area (Å²) in [5, 5.41) is 12.8. The van der Waals surface area contributed by atoms with Crippen molar-refractivity contribution in [1.82, 2.24) is 14.9 Å². The highest BCUT2D eigenvalue weighted by atomic mass is 32.1. The summed E-state index contributed by atoms with van der Waals surface area (Å²) in [6.45, 7) is 4.97. The number of ether oxygens (including phenoxy) is 1. The minimum Gasteiger partial charge on any atom is -0.481 e. The van der Waals surface area contributed by atoms with Crippen molar-refractivity contribution >= 4 is 39.3 Å². The van der Waals surface area contributed by atoms with Gasteiger partial charge in [-0.1, -0.05) is 0 Å². The van der Waals surface area contributed by atoms with Gasteiger partial charge in [-0.3, -0.25) is 4.79 Å². The first-order valence-electron chi connectivity index (χ1n) is 8.41. The number of thiophene rings is 1. The second-order valence-corrected chi connectivity index (χ2v) is 7.11. The van der Waals surface area contributed by atoms with Crippen LogP contribution >= 0.6 is 11.3 Å². The average molecular weight is 380 g/mol. The summed E-state index contributed by atoms with van der Waals surface area (Å²) in [6, 6.07) is 0. The lowest BCUT2D eigenvalue weighted by molar-refractivity contribution is -0.137. The molecular formula is C17H24N4O4S. The molecule has 2 aromatic rings. The van der Waals surface area contributed by atoms with E-state index in [4.69, 9.17) is 9.84 Å². The molecule has 0 atom stereocenters. The van der Waals surface area contributed by atoms with Crippen LogP contribution in [0, 0.1) is 6.92 Å². The van der Waals surface area contributed by atoms with Crippen molar-refractivity contribution in [2.75, 3.05) is 32.6 Å². The monoisotopic (exact) mass is 380 g/mol. The Morgan fingerprint density at radius 2 is 2.04 bits per heavy atom. The van der Waals surface area contributed by atoms with E-state index >= 15 is 0 Å². The molecule has 0 spiro atoms. The number of carboxylic acid groups (broad SMARTS) is 1. The van der Waals surface area contributed by atoms with Gasteiger partial charge in [-0.25, -0.2) is 14.8 Å². The van der Waals surface area contributed by atoms with E-state index in [1.54, 1.807) is 6.92 Å². The van der Waals surface area contributed by atoms with Gasteiger partial charge in [0, 0.05) is 13.0 Å². The van der Waals surface area contributed by atoms with Gasteiger partial charge < -0.3 is 20.1 Å². The summed E-state index contributed by atoms with van der Waals surface area (Å²) in [7, 11) is 3.86. The predicted molar refractivity (Wildman–Crippen MR) is 101 cm³/mol. The number of nitrogens with one attached hydrogen (secondary N) is 1. The minimum absolute atomic E-state index is 0.0858. The molecule has 0 aliphatic rings.